The van der Waals surface area contributed by atoms with Crippen LogP contribution in [0.1, 0.15) is 41.7 Å². The lowest BCUT2D eigenvalue weighted by atomic mass is 9.65. The highest BCUT2D eigenvalue weighted by molar-refractivity contribution is 5.92. The molecule has 0 unspecified atom stereocenters. The number of nitrogens with zero attached hydrogens (tertiary/aromatic N) is 2. The lowest BCUT2D eigenvalue weighted by Crippen LogP contribution is -2.59. The van der Waals surface area contributed by atoms with Gasteiger partial charge in [0.1, 0.15) is 5.69 Å². The van der Waals surface area contributed by atoms with E-state index >= 15 is 0 Å². The fourth-order valence-corrected chi connectivity index (χ4v) is 4.76. The fraction of sp³-hybridized carbons (Fsp3) is 0.600. The van der Waals surface area contributed by atoms with Crippen molar-refractivity contribution < 1.29 is 19.4 Å². The smallest absolute Gasteiger partial charge is 0.272 e. The summed E-state index contributed by atoms with van der Waals surface area (Å²) in [6, 6.07) is 3.57. The summed E-state index contributed by atoms with van der Waals surface area (Å²) < 4.78 is 11.4. The van der Waals surface area contributed by atoms with E-state index in [2.05, 4.69) is 11.1 Å². The Labute approximate surface area is 153 Å². The summed E-state index contributed by atoms with van der Waals surface area (Å²) >= 11 is 0. The van der Waals surface area contributed by atoms with Gasteiger partial charge in [0.2, 0.25) is 0 Å². The molecule has 4 heterocycles. The second-order valence-corrected chi connectivity index (χ2v) is 7.38. The number of hydrogen-bond acceptors (Lipinski definition) is 5. The average molecular weight is 358 g/mol. The molecule has 0 radical (unpaired) electrons. The number of aliphatic hydroxyl groups is 1. The van der Waals surface area contributed by atoms with E-state index in [0.29, 0.717) is 31.1 Å². The molecule has 26 heavy (non-hydrogen) atoms. The van der Waals surface area contributed by atoms with Crippen LogP contribution in [0.5, 0.6) is 0 Å². The summed E-state index contributed by atoms with van der Waals surface area (Å²) in [5, 5.41) is 9.36. The fourth-order valence-electron chi connectivity index (χ4n) is 4.76. The number of ether oxygens (including phenoxy) is 2. The zero-order valence-electron chi connectivity index (χ0n) is 15.0. The Balaban J connectivity index is 1.66. The molecule has 3 aliphatic heterocycles. The van der Waals surface area contributed by atoms with Crippen LogP contribution in [-0.4, -0.2) is 59.9 Å². The summed E-state index contributed by atoms with van der Waals surface area (Å²) in [7, 11) is 0. The maximum atomic E-state index is 13.2. The van der Waals surface area contributed by atoms with Crippen molar-refractivity contribution in [3.63, 3.8) is 0 Å². The number of likely N-dealkylation sites (tertiary alicyclic amines) is 1. The van der Waals surface area contributed by atoms with Crippen molar-refractivity contribution in [3.8, 4) is 0 Å². The first-order chi connectivity index (χ1) is 12.7. The number of hydrogen-bond donors (Lipinski definition) is 1. The Kier molecular flexibility index (Phi) is 5.07. The molecule has 1 amide bonds. The van der Waals surface area contributed by atoms with Gasteiger partial charge in [-0.2, -0.15) is 0 Å². The van der Waals surface area contributed by atoms with E-state index in [1.807, 2.05) is 4.90 Å². The molecule has 6 heteroatoms. The number of pyridine rings is 1. The van der Waals surface area contributed by atoms with Crippen molar-refractivity contribution in [1.29, 1.82) is 0 Å². The lowest BCUT2D eigenvalue weighted by molar-refractivity contribution is -0.0740. The monoisotopic (exact) mass is 358 g/mol. The van der Waals surface area contributed by atoms with Gasteiger partial charge in [-0.15, -0.1) is 0 Å². The Bertz CT molecular complexity index is 701. The highest BCUT2D eigenvalue weighted by Crippen LogP contribution is 2.48. The Hall–Kier alpha value is -1.76. The first-order valence-electron chi connectivity index (χ1n) is 9.46. The molecular weight excluding hydrogens is 332 g/mol. The second-order valence-electron chi connectivity index (χ2n) is 7.38. The maximum Gasteiger partial charge on any atom is 0.272 e. The molecule has 0 saturated carbocycles. The molecule has 6 nitrogen and oxygen atoms in total. The van der Waals surface area contributed by atoms with Crippen LogP contribution in [0.4, 0.5) is 0 Å². The minimum Gasteiger partial charge on any atom is -0.392 e. The molecule has 0 bridgehead atoms. The van der Waals surface area contributed by atoms with Gasteiger partial charge in [-0.1, -0.05) is 11.6 Å². The van der Waals surface area contributed by atoms with Gasteiger partial charge in [-0.3, -0.25) is 9.78 Å². The van der Waals surface area contributed by atoms with Gasteiger partial charge in [0, 0.05) is 30.8 Å². The van der Waals surface area contributed by atoms with E-state index in [4.69, 9.17) is 9.47 Å². The molecule has 2 atom stereocenters. The molecule has 0 spiro atoms. The molecule has 1 aromatic heterocycles. The van der Waals surface area contributed by atoms with Crippen LogP contribution >= 0.6 is 0 Å². The van der Waals surface area contributed by atoms with Crippen LogP contribution in [0.25, 0.3) is 0 Å². The van der Waals surface area contributed by atoms with E-state index in [9.17, 15) is 9.90 Å². The van der Waals surface area contributed by atoms with Gasteiger partial charge in [0.25, 0.3) is 5.91 Å². The van der Waals surface area contributed by atoms with Crippen molar-refractivity contribution in [1.82, 2.24) is 9.88 Å². The number of piperidine rings is 1. The van der Waals surface area contributed by atoms with Crippen molar-refractivity contribution in [2.75, 3.05) is 33.0 Å². The Morgan fingerprint density at radius 1 is 1.38 bits per heavy atom. The summed E-state index contributed by atoms with van der Waals surface area (Å²) in [6.07, 6.45) is 7.58. The van der Waals surface area contributed by atoms with Crippen molar-refractivity contribution in [3.05, 3.63) is 41.2 Å². The predicted octanol–water partition coefficient (Wildman–Crippen LogP) is 1.93. The van der Waals surface area contributed by atoms with E-state index < -0.39 is 0 Å². The highest BCUT2D eigenvalue weighted by atomic mass is 16.5. The maximum absolute atomic E-state index is 13.2. The third kappa shape index (κ3) is 3.06. The Morgan fingerprint density at radius 3 is 3.12 bits per heavy atom. The minimum atomic E-state index is -0.0927. The summed E-state index contributed by atoms with van der Waals surface area (Å²) in [4.78, 5) is 19.5. The summed E-state index contributed by atoms with van der Waals surface area (Å²) in [6.45, 7) is 3.42. The highest BCUT2D eigenvalue weighted by Gasteiger charge is 2.50. The van der Waals surface area contributed by atoms with Crippen LogP contribution in [0.15, 0.2) is 30.0 Å². The SMILES string of the molecule is O=C(c1cc(CO)ccn1)N1CCC[C@@]2(C3=CCOCC3)COCC[C@H]12. The van der Waals surface area contributed by atoms with Crippen LogP contribution < -0.4 is 0 Å². The number of fused-ring (bicyclic) bond motifs is 1. The number of rotatable bonds is 3. The lowest BCUT2D eigenvalue weighted by Gasteiger charge is -2.54. The number of carbonyl (C=O) groups excluding carboxylic acids is 1. The van der Waals surface area contributed by atoms with Gasteiger partial charge >= 0.3 is 0 Å². The second kappa shape index (κ2) is 7.47. The topological polar surface area (TPSA) is 71.9 Å². The largest absolute Gasteiger partial charge is 0.392 e. The standard InChI is InChI=1S/C20H26N2O4/c23-13-15-2-7-21-17(12-15)19(24)22-8-1-6-20(14-26-11-5-18(20)22)16-3-9-25-10-4-16/h2-3,7,12,18,23H,1,4-6,8-11,13-14H2/t18-,20-/m0/s1. The third-order valence-corrected chi connectivity index (χ3v) is 6.02. The molecule has 1 aromatic rings. The number of aliphatic hydroxyl groups excluding tert-OH is 1. The van der Waals surface area contributed by atoms with E-state index in [1.54, 1.807) is 18.3 Å². The molecule has 140 valence electrons. The summed E-state index contributed by atoms with van der Waals surface area (Å²) in [5.41, 5.74) is 2.43. The Morgan fingerprint density at radius 2 is 2.31 bits per heavy atom. The molecule has 0 aromatic carbocycles. The van der Waals surface area contributed by atoms with E-state index in [1.165, 1.54) is 5.57 Å². The van der Waals surface area contributed by atoms with Crippen molar-refractivity contribution in [2.24, 2.45) is 5.41 Å². The predicted molar refractivity (Wildman–Crippen MR) is 95.6 cm³/mol. The first kappa shape index (κ1) is 17.6. The molecule has 2 saturated heterocycles. The number of aromatic nitrogens is 1. The van der Waals surface area contributed by atoms with Crippen LogP contribution in [-0.2, 0) is 16.1 Å². The zero-order chi connectivity index (χ0) is 18.0. The van der Waals surface area contributed by atoms with Crippen molar-refractivity contribution >= 4 is 5.91 Å². The van der Waals surface area contributed by atoms with E-state index in [-0.39, 0.29) is 24.0 Å². The first-order valence-corrected chi connectivity index (χ1v) is 9.46. The van der Waals surface area contributed by atoms with Crippen LogP contribution in [0.2, 0.25) is 0 Å². The molecular formula is C20H26N2O4. The van der Waals surface area contributed by atoms with E-state index in [0.717, 1.165) is 38.8 Å². The molecule has 2 fully saturated rings. The van der Waals surface area contributed by atoms with Crippen LogP contribution in [0.3, 0.4) is 0 Å². The number of carbonyl (C=O) groups is 1. The molecule has 1 N–H and O–H groups in total. The van der Waals surface area contributed by atoms with Gasteiger partial charge in [0.05, 0.1) is 26.4 Å². The third-order valence-electron chi connectivity index (χ3n) is 6.02. The van der Waals surface area contributed by atoms with Gasteiger partial charge in [-0.25, -0.2) is 0 Å². The minimum absolute atomic E-state index is 0.0380. The summed E-state index contributed by atoms with van der Waals surface area (Å²) in [5.74, 6) is -0.0380. The number of amides is 1. The van der Waals surface area contributed by atoms with Crippen molar-refractivity contribution in [2.45, 2.75) is 38.3 Å². The average Bonchev–Trinajstić information content (AvgIpc) is 2.73. The van der Waals surface area contributed by atoms with Crippen LogP contribution in [0, 0.1) is 5.41 Å². The molecule has 3 aliphatic rings. The van der Waals surface area contributed by atoms with Gasteiger partial charge < -0.3 is 19.5 Å². The quantitative estimate of drug-likeness (QED) is 0.836. The van der Waals surface area contributed by atoms with Gasteiger partial charge in [0.15, 0.2) is 0 Å². The van der Waals surface area contributed by atoms with Gasteiger partial charge in [-0.05, 0) is 43.4 Å². The zero-order valence-corrected chi connectivity index (χ0v) is 15.0. The normalized spacial score (nSPS) is 29.0. The molecule has 0 aliphatic carbocycles. The molecule has 4 rings (SSSR count).